The molecule has 178 valence electrons. The van der Waals surface area contributed by atoms with Crippen LogP contribution in [-0.2, 0) is 14.6 Å². The maximum atomic E-state index is 12.3. The van der Waals surface area contributed by atoms with Gasteiger partial charge in [0, 0.05) is 43.3 Å². The molecule has 2 aromatic rings. The summed E-state index contributed by atoms with van der Waals surface area (Å²) in [6.07, 6.45) is 4.68. The van der Waals surface area contributed by atoms with E-state index in [1.807, 2.05) is 13.8 Å². The van der Waals surface area contributed by atoms with Gasteiger partial charge in [0.15, 0.2) is 15.7 Å². The highest BCUT2D eigenvalue weighted by molar-refractivity contribution is 7.90. The molecule has 9 nitrogen and oxygen atoms in total. The normalized spacial score (nSPS) is 19.2. The Kier molecular flexibility index (Phi) is 6.30. The van der Waals surface area contributed by atoms with Crippen molar-refractivity contribution in [3.05, 3.63) is 41.5 Å². The largest absolute Gasteiger partial charge is 0.443 e. The molecular formula is C23H30N4O5S. The van der Waals surface area contributed by atoms with E-state index in [0.717, 1.165) is 31.9 Å². The minimum Gasteiger partial charge on any atom is -0.443 e. The highest BCUT2D eigenvalue weighted by Crippen LogP contribution is 2.39. The summed E-state index contributed by atoms with van der Waals surface area (Å²) in [7, 11) is -3.27. The number of benzene rings is 1. The molecule has 0 radical (unpaired) electrons. The average molecular weight is 475 g/mol. The first-order valence-corrected chi connectivity index (χ1v) is 13.1. The van der Waals surface area contributed by atoms with Gasteiger partial charge in [-0.3, -0.25) is 0 Å². The summed E-state index contributed by atoms with van der Waals surface area (Å²) in [6.45, 7) is 5.10. The third-order valence-electron chi connectivity index (χ3n) is 6.43. The van der Waals surface area contributed by atoms with E-state index in [9.17, 15) is 13.2 Å². The molecule has 1 aliphatic heterocycles. The van der Waals surface area contributed by atoms with Crippen LogP contribution in [0.4, 0.5) is 4.79 Å². The van der Waals surface area contributed by atoms with E-state index in [-0.39, 0.29) is 28.4 Å². The molecule has 0 spiro atoms. The lowest BCUT2D eigenvalue weighted by molar-refractivity contribution is 0.0518. The Morgan fingerprint density at radius 2 is 1.91 bits per heavy atom. The molecule has 0 bridgehead atoms. The SMILES string of the molecule is C[C@@H](CC(=N)c1ccc(S(C)(=O)=O)cc1)c1nc(C2CCN(C(=O)OC3(C)CC3)CC2)no1. The Morgan fingerprint density at radius 1 is 1.27 bits per heavy atom. The van der Waals surface area contributed by atoms with Crippen molar-refractivity contribution in [1.82, 2.24) is 15.0 Å². The van der Waals surface area contributed by atoms with Crippen LogP contribution in [0.1, 0.15) is 75.1 Å². The summed E-state index contributed by atoms with van der Waals surface area (Å²) in [6, 6.07) is 6.32. The minimum atomic E-state index is -3.27. The zero-order chi connectivity index (χ0) is 23.8. The Labute approximate surface area is 193 Å². The van der Waals surface area contributed by atoms with Crippen molar-refractivity contribution in [1.29, 1.82) is 5.41 Å². The molecule has 1 N–H and O–H groups in total. The maximum Gasteiger partial charge on any atom is 0.410 e. The fraction of sp³-hybridized carbons (Fsp3) is 0.565. The van der Waals surface area contributed by atoms with E-state index in [0.29, 0.717) is 42.5 Å². The number of piperidine rings is 1. The molecule has 2 aliphatic rings. The third kappa shape index (κ3) is 5.61. The zero-order valence-corrected chi connectivity index (χ0v) is 20.0. The predicted molar refractivity (Wildman–Crippen MR) is 121 cm³/mol. The Balaban J connectivity index is 1.30. The first-order chi connectivity index (χ1) is 15.5. The quantitative estimate of drug-likeness (QED) is 0.603. The lowest BCUT2D eigenvalue weighted by atomic mass is 9.96. The van der Waals surface area contributed by atoms with Crippen LogP contribution in [0.5, 0.6) is 0 Å². The van der Waals surface area contributed by atoms with E-state index >= 15 is 0 Å². The molecule has 1 aliphatic carbocycles. The number of sulfone groups is 1. The predicted octanol–water partition coefficient (Wildman–Crippen LogP) is 3.90. The van der Waals surface area contributed by atoms with Crippen molar-refractivity contribution in [3.8, 4) is 0 Å². The number of likely N-dealkylation sites (tertiary alicyclic amines) is 1. The summed E-state index contributed by atoms with van der Waals surface area (Å²) in [5.74, 6) is 1.09. The lowest BCUT2D eigenvalue weighted by Gasteiger charge is -2.30. The number of amides is 1. The molecule has 0 unspecified atom stereocenters. The second-order valence-electron chi connectivity index (χ2n) is 9.45. The molecule has 33 heavy (non-hydrogen) atoms. The van der Waals surface area contributed by atoms with Crippen LogP contribution in [0, 0.1) is 5.41 Å². The minimum absolute atomic E-state index is 0.123. The summed E-state index contributed by atoms with van der Waals surface area (Å²) in [5, 5.41) is 12.5. The van der Waals surface area contributed by atoms with Gasteiger partial charge in [-0.2, -0.15) is 4.98 Å². The van der Waals surface area contributed by atoms with Crippen molar-refractivity contribution < 1.29 is 22.5 Å². The Morgan fingerprint density at radius 3 is 2.48 bits per heavy atom. The van der Waals surface area contributed by atoms with Crippen LogP contribution in [0.2, 0.25) is 0 Å². The van der Waals surface area contributed by atoms with Crippen LogP contribution in [0.15, 0.2) is 33.7 Å². The average Bonchev–Trinajstić information content (AvgIpc) is 3.30. The maximum absolute atomic E-state index is 12.3. The first-order valence-electron chi connectivity index (χ1n) is 11.2. The smallest absolute Gasteiger partial charge is 0.410 e. The molecule has 1 aromatic heterocycles. The van der Waals surface area contributed by atoms with Gasteiger partial charge in [-0.05, 0) is 50.3 Å². The molecule has 2 fully saturated rings. The summed E-state index contributed by atoms with van der Waals surface area (Å²) in [5.41, 5.74) is 0.766. The van der Waals surface area contributed by atoms with Gasteiger partial charge in [0.25, 0.3) is 0 Å². The fourth-order valence-corrected chi connectivity index (χ4v) is 4.53. The number of rotatable bonds is 7. The van der Waals surface area contributed by atoms with E-state index in [1.165, 1.54) is 12.1 Å². The van der Waals surface area contributed by atoms with Crippen molar-refractivity contribution in [2.45, 2.75) is 68.3 Å². The van der Waals surface area contributed by atoms with Crippen molar-refractivity contribution in [2.75, 3.05) is 19.3 Å². The van der Waals surface area contributed by atoms with Crippen LogP contribution < -0.4 is 0 Å². The van der Waals surface area contributed by atoms with Crippen molar-refractivity contribution in [2.24, 2.45) is 0 Å². The number of ether oxygens (including phenoxy) is 1. The number of hydrogen-bond donors (Lipinski definition) is 1. The van der Waals surface area contributed by atoms with E-state index < -0.39 is 9.84 Å². The highest BCUT2D eigenvalue weighted by atomic mass is 32.2. The van der Waals surface area contributed by atoms with E-state index in [1.54, 1.807) is 17.0 Å². The van der Waals surface area contributed by atoms with Crippen LogP contribution in [0.3, 0.4) is 0 Å². The van der Waals surface area contributed by atoms with Gasteiger partial charge < -0.3 is 19.6 Å². The van der Waals surface area contributed by atoms with Crippen LogP contribution in [-0.4, -0.2) is 60.2 Å². The van der Waals surface area contributed by atoms with Crippen LogP contribution >= 0.6 is 0 Å². The topological polar surface area (TPSA) is 126 Å². The first kappa shape index (κ1) is 23.4. The monoisotopic (exact) mass is 474 g/mol. The second-order valence-corrected chi connectivity index (χ2v) is 11.5. The zero-order valence-electron chi connectivity index (χ0n) is 19.2. The number of carbonyl (C=O) groups is 1. The number of aromatic nitrogens is 2. The molecule has 1 atom stereocenters. The summed E-state index contributed by atoms with van der Waals surface area (Å²) < 4.78 is 34.3. The molecule has 2 heterocycles. The van der Waals surface area contributed by atoms with Crippen LogP contribution in [0.25, 0.3) is 0 Å². The van der Waals surface area contributed by atoms with Gasteiger partial charge in [-0.1, -0.05) is 24.2 Å². The molecule has 4 rings (SSSR count). The Hall–Kier alpha value is -2.75. The fourth-order valence-electron chi connectivity index (χ4n) is 3.90. The number of nitrogens with zero attached hydrogens (tertiary/aromatic N) is 3. The van der Waals surface area contributed by atoms with Gasteiger partial charge in [0.05, 0.1) is 4.90 Å². The van der Waals surface area contributed by atoms with Gasteiger partial charge in [0.2, 0.25) is 5.89 Å². The summed E-state index contributed by atoms with van der Waals surface area (Å²) >= 11 is 0. The summed E-state index contributed by atoms with van der Waals surface area (Å²) in [4.78, 5) is 18.8. The van der Waals surface area contributed by atoms with Crippen molar-refractivity contribution in [3.63, 3.8) is 0 Å². The van der Waals surface area contributed by atoms with E-state index in [2.05, 4.69) is 10.1 Å². The molecule has 1 amide bonds. The lowest BCUT2D eigenvalue weighted by Crippen LogP contribution is -2.40. The highest BCUT2D eigenvalue weighted by Gasteiger charge is 2.43. The van der Waals surface area contributed by atoms with Gasteiger partial charge in [0.1, 0.15) is 5.60 Å². The number of carbonyl (C=O) groups excluding carboxylic acids is 1. The molecule has 1 aromatic carbocycles. The van der Waals surface area contributed by atoms with E-state index in [4.69, 9.17) is 14.7 Å². The molecule has 10 heteroatoms. The van der Waals surface area contributed by atoms with Gasteiger partial charge >= 0.3 is 6.09 Å². The Bertz CT molecular complexity index is 1130. The van der Waals surface area contributed by atoms with Gasteiger partial charge in [-0.15, -0.1) is 0 Å². The second kappa shape index (κ2) is 8.89. The van der Waals surface area contributed by atoms with Crippen molar-refractivity contribution >= 4 is 21.6 Å². The third-order valence-corrected chi connectivity index (χ3v) is 7.55. The number of hydrogen-bond acceptors (Lipinski definition) is 8. The molecule has 1 saturated heterocycles. The molecular weight excluding hydrogens is 444 g/mol. The standard InChI is InChI=1S/C23H30N4O5S/c1-15(14-19(24)16-4-6-18(7-5-16)33(3,29)30)21-25-20(26-32-21)17-8-12-27(13-9-17)22(28)31-23(2)10-11-23/h4-7,15,17,24H,8-14H2,1-3H3/t15-/m0/s1. The number of nitrogens with one attached hydrogen (secondary N) is 1. The molecule has 1 saturated carbocycles. The van der Waals surface area contributed by atoms with Gasteiger partial charge in [-0.25, -0.2) is 13.2 Å².